The van der Waals surface area contributed by atoms with E-state index in [1.807, 2.05) is 6.66 Å². The SMILES string of the molecule is CCCP(C)(F)(CCC)CCC. The maximum absolute atomic E-state index is 14.6. The summed E-state index contributed by atoms with van der Waals surface area (Å²) < 4.78 is 14.6. The molecule has 0 bridgehead atoms. The molecule has 0 atom stereocenters. The summed E-state index contributed by atoms with van der Waals surface area (Å²) in [6, 6.07) is 0. The molecule has 0 heterocycles. The van der Waals surface area contributed by atoms with Crippen LogP contribution in [0.25, 0.3) is 0 Å². The molecule has 0 aliphatic heterocycles. The zero-order valence-corrected chi connectivity index (χ0v) is 9.96. The molecule has 76 valence electrons. The molecule has 12 heavy (non-hydrogen) atoms. The Bertz CT molecular complexity index is 108. The Morgan fingerprint density at radius 3 is 1.25 bits per heavy atom. The molecule has 0 unspecified atom stereocenters. The minimum atomic E-state index is -2.71. The molecule has 0 saturated carbocycles. The topological polar surface area (TPSA) is 0 Å². The van der Waals surface area contributed by atoms with Gasteiger partial charge in [0.05, 0.1) is 0 Å². The number of hydrogen-bond donors (Lipinski definition) is 0. The zero-order valence-electron chi connectivity index (χ0n) is 9.07. The normalized spacial score (nSPS) is 15.6. The third-order valence-corrected chi connectivity index (χ3v) is 7.63. The maximum atomic E-state index is 14.6. The summed E-state index contributed by atoms with van der Waals surface area (Å²) in [5.41, 5.74) is 0. The van der Waals surface area contributed by atoms with E-state index in [1.54, 1.807) is 0 Å². The van der Waals surface area contributed by atoms with Crippen molar-refractivity contribution in [1.82, 2.24) is 0 Å². The van der Waals surface area contributed by atoms with Gasteiger partial charge >= 0.3 is 76.3 Å². The Hall–Kier alpha value is 0.360. The summed E-state index contributed by atoms with van der Waals surface area (Å²) in [4.78, 5) is 0. The van der Waals surface area contributed by atoms with Crippen LogP contribution in [0.5, 0.6) is 0 Å². The predicted molar refractivity (Wildman–Crippen MR) is 59.4 cm³/mol. The molecule has 0 aromatic rings. The molecule has 0 fully saturated rings. The van der Waals surface area contributed by atoms with Crippen LogP contribution in [0.1, 0.15) is 40.0 Å². The van der Waals surface area contributed by atoms with Gasteiger partial charge in [-0.15, -0.1) is 0 Å². The minimum absolute atomic E-state index is 0.841. The van der Waals surface area contributed by atoms with Gasteiger partial charge in [0.1, 0.15) is 0 Å². The molecule has 0 nitrogen and oxygen atoms in total. The van der Waals surface area contributed by atoms with Crippen molar-refractivity contribution in [2.45, 2.75) is 40.0 Å². The third-order valence-electron chi connectivity index (χ3n) is 2.54. The quantitative estimate of drug-likeness (QED) is 0.553. The summed E-state index contributed by atoms with van der Waals surface area (Å²) >= 11 is 0. The van der Waals surface area contributed by atoms with Crippen molar-refractivity contribution >= 4 is 6.91 Å². The van der Waals surface area contributed by atoms with E-state index < -0.39 is 6.91 Å². The first kappa shape index (κ1) is 12.4. The number of hydrogen-bond acceptors (Lipinski definition) is 0. The summed E-state index contributed by atoms with van der Waals surface area (Å²) in [5.74, 6) is 0. The second-order valence-electron chi connectivity index (χ2n) is 4.32. The van der Waals surface area contributed by atoms with Crippen LogP contribution in [0.15, 0.2) is 0 Å². The van der Waals surface area contributed by atoms with Crippen molar-refractivity contribution in [2.24, 2.45) is 0 Å². The van der Waals surface area contributed by atoms with E-state index in [2.05, 4.69) is 20.8 Å². The molecule has 0 aliphatic carbocycles. The van der Waals surface area contributed by atoms with E-state index in [4.69, 9.17) is 0 Å². The zero-order chi connectivity index (χ0) is 9.69. The molecule has 0 aromatic carbocycles. The average Bonchev–Trinajstić information content (AvgIpc) is 1.86. The Morgan fingerprint density at radius 2 is 1.08 bits per heavy atom. The average molecular weight is 194 g/mol. The van der Waals surface area contributed by atoms with Crippen LogP contribution in [-0.4, -0.2) is 25.2 Å². The number of halogens is 1. The summed E-state index contributed by atoms with van der Waals surface area (Å²) in [6.07, 6.45) is 5.54. The van der Waals surface area contributed by atoms with Crippen LogP contribution in [0.3, 0.4) is 0 Å². The summed E-state index contributed by atoms with van der Waals surface area (Å²) in [7, 11) is 0. The molecular weight excluding hydrogens is 170 g/mol. The van der Waals surface area contributed by atoms with E-state index in [1.165, 1.54) is 0 Å². The van der Waals surface area contributed by atoms with Gasteiger partial charge < -0.3 is 0 Å². The van der Waals surface area contributed by atoms with E-state index in [0.29, 0.717) is 0 Å². The fraction of sp³-hybridized carbons (Fsp3) is 1.00. The third kappa shape index (κ3) is 3.85. The second kappa shape index (κ2) is 4.56. The van der Waals surface area contributed by atoms with Crippen LogP contribution in [0.4, 0.5) is 4.20 Å². The van der Waals surface area contributed by atoms with Crippen LogP contribution < -0.4 is 0 Å². The van der Waals surface area contributed by atoms with Crippen LogP contribution >= 0.6 is 6.91 Å². The summed E-state index contributed by atoms with van der Waals surface area (Å²) in [6.45, 7) is 5.50. The van der Waals surface area contributed by atoms with Gasteiger partial charge in [-0.1, -0.05) is 0 Å². The van der Waals surface area contributed by atoms with Gasteiger partial charge in [0, 0.05) is 0 Å². The second-order valence-corrected chi connectivity index (χ2v) is 9.95. The fourth-order valence-electron chi connectivity index (χ4n) is 2.21. The van der Waals surface area contributed by atoms with E-state index in [0.717, 1.165) is 37.7 Å². The van der Waals surface area contributed by atoms with Crippen LogP contribution in [0.2, 0.25) is 0 Å². The molecule has 0 radical (unpaired) electrons. The van der Waals surface area contributed by atoms with Crippen molar-refractivity contribution < 1.29 is 4.20 Å². The standard InChI is InChI=1S/C10H24FP/c1-5-8-12(4,11,9-6-2)10-7-3/h5-10H2,1-4H3. The van der Waals surface area contributed by atoms with Gasteiger partial charge in [0.15, 0.2) is 0 Å². The van der Waals surface area contributed by atoms with Crippen molar-refractivity contribution in [2.75, 3.05) is 25.2 Å². The Morgan fingerprint density at radius 1 is 0.833 bits per heavy atom. The van der Waals surface area contributed by atoms with Gasteiger partial charge in [0.2, 0.25) is 0 Å². The Kier molecular flexibility index (Phi) is 4.69. The Balaban J connectivity index is 4.31. The van der Waals surface area contributed by atoms with Crippen molar-refractivity contribution in [3.8, 4) is 0 Å². The molecule has 0 aromatic heterocycles. The van der Waals surface area contributed by atoms with Gasteiger partial charge in [-0.3, -0.25) is 0 Å². The summed E-state index contributed by atoms with van der Waals surface area (Å²) in [5, 5.41) is 0. The number of rotatable bonds is 6. The van der Waals surface area contributed by atoms with Gasteiger partial charge in [-0.2, -0.15) is 0 Å². The molecule has 0 N–H and O–H groups in total. The molecule has 0 saturated heterocycles. The fourth-order valence-corrected chi connectivity index (χ4v) is 6.63. The molecule has 0 rings (SSSR count). The van der Waals surface area contributed by atoms with Gasteiger partial charge in [-0.25, -0.2) is 0 Å². The van der Waals surface area contributed by atoms with Crippen molar-refractivity contribution in [3.63, 3.8) is 0 Å². The van der Waals surface area contributed by atoms with E-state index in [9.17, 15) is 4.20 Å². The van der Waals surface area contributed by atoms with Crippen LogP contribution in [-0.2, 0) is 0 Å². The molecule has 0 amide bonds. The van der Waals surface area contributed by atoms with E-state index in [-0.39, 0.29) is 0 Å². The van der Waals surface area contributed by atoms with Gasteiger partial charge in [-0.05, 0) is 0 Å². The molecule has 0 spiro atoms. The molecule has 2 heteroatoms. The Labute approximate surface area is 77.0 Å². The van der Waals surface area contributed by atoms with Crippen molar-refractivity contribution in [1.29, 1.82) is 0 Å². The van der Waals surface area contributed by atoms with Gasteiger partial charge in [0.25, 0.3) is 0 Å². The monoisotopic (exact) mass is 194 g/mol. The first-order valence-corrected chi connectivity index (χ1v) is 8.32. The first-order valence-electron chi connectivity index (χ1n) is 5.19. The van der Waals surface area contributed by atoms with Crippen molar-refractivity contribution in [3.05, 3.63) is 0 Å². The molecule has 0 aliphatic rings. The molecular formula is C10H24FP. The van der Waals surface area contributed by atoms with E-state index >= 15 is 0 Å². The first-order chi connectivity index (χ1) is 5.46. The van der Waals surface area contributed by atoms with Crippen LogP contribution in [0, 0.1) is 0 Å². The predicted octanol–water partition coefficient (Wildman–Crippen LogP) is 4.28.